The molecule has 0 aliphatic rings. The molecule has 3 heteroatoms. The molecule has 0 atom stereocenters. The van der Waals surface area contributed by atoms with Gasteiger partial charge in [0, 0.05) is 44.2 Å². The Morgan fingerprint density at radius 1 is 0.408 bits per heavy atom. The lowest BCUT2D eigenvalue weighted by atomic mass is 10.0. The second kappa shape index (κ2) is 11.0. The van der Waals surface area contributed by atoms with E-state index in [0.29, 0.717) is 0 Å². The summed E-state index contributed by atoms with van der Waals surface area (Å²) in [6, 6.07) is 65.1. The van der Waals surface area contributed by atoms with Crippen molar-refractivity contribution in [2.75, 3.05) is 4.90 Å². The Hall–Kier alpha value is -6.58. The topological polar surface area (TPSA) is 21.3 Å². The Kier molecular flexibility index (Phi) is 6.18. The van der Waals surface area contributed by atoms with E-state index in [9.17, 15) is 0 Å². The predicted octanol–water partition coefficient (Wildman–Crippen LogP) is 13.0. The van der Waals surface area contributed by atoms with Crippen LogP contribution < -0.4 is 4.90 Å². The van der Waals surface area contributed by atoms with E-state index in [1.165, 1.54) is 32.8 Å². The normalized spacial score (nSPS) is 11.7. The molecule has 0 aliphatic carbocycles. The van der Waals surface area contributed by atoms with Gasteiger partial charge in [-0.25, -0.2) is 0 Å². The lowest BCUT2D eigenvalue weighted by Gasteiger charge is -2.28. The van der Waals surface area contributed by atoms with Crippen LogP contribution in [0.3, 0.4) is 0 Å². The van der Waals surface area contributed by atoms with Crippen molar-refractivity contribution >= 4 is 71.6 Å². The van der Waals surface area contributed by atoms with Gasteiger partial charge in [0.1, 0.15) is 11.2 Å². The minimum absolute atomic E-state index is 0.899. The van der Waals surface area contributed by atoms with E-state index >= 15 is 0 Å². The number of para-hydroxylation sites is 4. The zero-order valence-corrected chi connectivity index (χ0v) is 26.6. The third kappa shape index (κ3) is 4.44. The Labute approximate surface area is 283 Å². The first-order valence-corrected chi connectivity index (χ1v) is 16.7. The minimum atomic E-state index is 0.899. The van der Waals surface area contributed by atoms with Crippen LogP contribution in [0.4, 0.5) is 17.1 Å². The highest BCUT2D eigenvalue weighted by molar-refractivity contribution is 6.12. The number of fused-ring (bicyclic) bond motifs is 7. The molecule has 2 aromatic heterocycles. The Bertz CT molecular complexity index is 2830. The third-order valence-corrected chi connectivity index (χ3v) is 9.74. The molecule has 3 nitrogen and oxygen atoms in total. The van der Waals surface area contributed by atoms with Gasteiger partial charge in [0.2, 0.25) is 0 Å². The highest BCUT2D eigenvalue weighted by atomic mass is 16.3. The maximum atomic E-state index is 6.32. The molecule has 0 fully saturated rings. The number of rotatable bonds is 5. The van der Waals surface area contributed by atoms with E-state index in [2.05, 4.69) is 179 Å². The van der Waals surface area contributed by atoms with Crippen LogP contribution in [-0.4, -0.2) is 4.57 Å². The molecule has 49 heavy (non-hydrogen) atoms. The summed E-state index contributed by atoms with van der Waals surface area (Å²) in [6.45, 7) is 0. The van der Waals surface area contributed by atoms with E-state index in [-0.39, 0.29) is 0 Å². The fraction of sp³-hybridized carbons (Fsp3) is 0. The van der Waals surface area contributed by atoms with Gasteiger partial charge in [0.25, 0.3) is 0 Å². The first-order chi connectivity index (χ1) is 24.3. The number of nitrogens with zero attached hydrogens (tertiary/aromatic N) is 2. The molecular formula is C46H30N2O. The number of anilines is 3. The molecule has 2 heterocycles. The van der Waals surface area contributed by atoms with Crippen LogP contribution in [0.1, 0.15) is 0 Å². The average Bonchev–Trinajstić information content (AvgIpc) is 3.69. The van der Waals surface area contributed by atoms with E-state index in [4.69, 9.17) is 4.42 Å². The second-order valence-corrected chi connectivity index (χ2v) is 12.6. The van der Waals surface area contributed by atoms with Crippen molar-refractivity contribution < 1.29 is 4.42 Å². The molecule has 0 amide bonds. The van der Waals surface area contributed by atoms with Crippen molar-refractivity contribution in [3.05, 3.63) is 182 Å². The van der Waals surface area contributed by atoms with Crippen LogP contribution in [0, 0.1) is 0 Å². The molecule has 0 spiro atoms. The number of furan rings is 1. The zero-order chi connectivity index (χ0) is 32.3. The fourth-order valence-corrected chi connectivity index (χ4v) is 7.51. The van der Waals surface area contributed by atoms with Crippen molar-refractivity contribution in [1.29, 1.82) is 0 Å². The molecule has 8 aromatic carbocycles. The van der Waals surface area contributed by atoms with Crippen LogP contribution in [0.25, 0.3) is 71.3 Å². The maximum absolute atomic E-state index is 6.32. The summed E-state index contributed by atoms with van der Waals surface area (Å²) >= 11 is 0. The van der Waals surface area contributed by atoms with E-state index in [1.807, 2.05) is 12.1 Å². The van der Waals surface area contributed by atoms with Crippen LogP contribution in [-0.2, 0) is 0 Å². The summed E-state index contributed by atoms with van der Waals surface area (Å²) in [6.07, 6.45) is 0. The summed E-state index contributed by atoms with van der Waals surface area (Å²) in [7, 11) is 0. The summed E-state index contributed by atoms with van der Waals surface area (Å²) in [5, 5.41) is 7.06. The molecule has 10 aromatic rings. The summed E-state index contributed by atoms with van der Waals surface area (Å²) < 4.78 is 8.71. The Morgan fingerprint density at radius 2 is 1.08 bits per heavy atom. The summed E-state index contributed by atoms with van der Waals surface area (Å²) in [5.41, 5.74) is 10.9. The van der Waals surface area contributed by atoms with E-state index in [1.54, 1.807) is 0 Å². The van der Waals surface area contributed by atoms with Crippen LogP contribution in [0.2, 0.25) is 0 Å². The molecule has 0 saturated heterocycles. The maximum Gasteiger partial charge on any atom is 0.136 e. The molecule has 0 unspecified atom stereocenters. The first-order valence-electron chi connectivity index (χ1n) is 16.7. The molecule has 0 radical (unpaired) electrons. The van der Waals surface area contributed by atoms with Crippen LogP contribution in [0.5, 0.6) is 0 Å². The van der Waals surface area contributed by atoms with E-state index < -0.39 is 0 Å². The van der Waals surface area contributed by atoms with Crippen molar-refractivity contribution in [1.82, 2.24) is 4.57 Å². The standard InChI is InChI=1S/C46H30N2O/c1-3-13-31(14-4-1)37-17-7-10-20-42(37)47(35-24-23-32-28-41-40-19-9-12-22-45(40)49-46(41)29-33(32)27-35)36-25-26-39-38-18-8-11-21-43(38)48(44(39)30-36)34-15-5-2-6-16-34/h1-30H. The Morgan fingerprint density at radius 3 is 1.96 bits per heavy atom. The number of benzene rings is 8. The molecule has 0 bridgehead atoms. The van der Waals surface area contributed by atoms with Gasteiger partial charge in [0.05, 0.1) is 16.7 Å². The molecule has 230 valence electrons. The minimum Gasteiger partial charge on any atom is -0.456 e. The van der Waals surface area contributed by atoms with Gasteiger partial charge in [-0.05, 0) is 83.1 Å². The fourth-order valence-electron chi connectivity index (χ4n) is 7.51. The van der Waals surface area contributed by atoms with Gasteiger partial charge >= 0.3 is 0 Å². The molecule has 10 rings (SSSR count). The monoisotopic (exact) mass is 626 g/mol. The van der Waals surface area contributed by atoms with Gasteiger partial charge in [0.15, 0.2) is 0 Å². The SMILES string of the molecule is c1ccc(-c2ccccc2N(c2ccc3cc4c(cc3c2)oc2ccccc24)c2ccc3c4ccccc4n(-c4ccccc4)c3c2)cc1. The highest BCUT2D eigenvalue weighted by Gasteiger charge is 2.20. The van der Waals surface area contributed by atoms with Crippen LogP contribution in [0.15, 0.2) is 186 Å². The molecular weight excluding hydrogens is 597 g/mol. The van der Waals surface area contributed by atoms with Crippen molar-refractivity contribution in [3.8, 4) is 16.8 Å². The average molecular weight is 627 g/mol. The van der Waals surface area contributed by atoms with Crippen molar-refractivity contribution in [3.63, 3.8) is 0 Å². The highest BCUT2D eigenvalue weighted by Crippen LogP contribution is 2.44. The lowest BCUT2D eigenvalue weighted by molar-refractivity contribution is 0.669. The van der Waals surface area contributed by atoms with Crippen LogP contribution >= 0.6 is 0 Å². The van der Waals surface area contributed by atoms with Gasteiger partial charge in [-0.3, -0.25) is 0 Å². The largest absolute Gasteiger partial charge is 0.456 e. The molecule has 0 N–H and O–H groups in total. The third-order valence-electron chi connectivity index (χ3n) is 9.74. The Balaban J connectivity index is 1.24. The number of hydrogen-bond acceptors (Lipinski definition) is 2. The smallest absolute Gasteiger partial charge is 0.136 e. The van der Waals surface area contributed by atoms with Crippen molar-refractivity contribution in [2.24, 2.45) is 0 Å². The van der Waals surface area contributed by atoms with Gasteiger partial charge < -0.3 is 13.9 Å². The van der Waals surface area contributed by atoms with Crippen molar-refractivity contribution in [2.45, 2.75) is 0 Å². The first kappa shape index (κ1) is 27.5. The summed E-state index contributed by atoms with van der Waals surface area (Å²) in [5.74, 6) is 0. The van der Waals surface area contributed by atoms with E-state index in [0.717, 1.165) is 55.6 Å². The summed E-state index contributed by atoms with van der Waals surface area (Å²) in [4.78, 5) is 2.40. The lowest BCUT2D eigenvalue weighted by Crippen LogP contribution is -2.11. The molecule has 0 saturated carbocycles. The number of aromatic nitrogens is 1. The zero-order valence-electron chi connectivity index (χ0n) is 26.6. The quantitative estimate of drug-likeness (QED) is 0.190. The van der Waals surface area contributed by atoms with Gasteiger partial charge in [-0.1, -0.05) is 115 Å². The number of hydrogen-bond donors (Lipinski definition) is 0. The van der Waals surface area contributed by atoms with Gasteiger partial charge in [-0.15, -0.1) is 0 Å². The molecule has 0 aliphatic heterocycles. The second-order valence-electron chi connectivity index (χ2n) is 12.6. The predicted molar refractivity (Wildman–Crippen MR) is 206 cm³/mol. The van der Waals surface area contributed by atoms with Gasteiger partial charge in [-0.2, -0.15) is 0 Å².